The Kier molecular flexibility index (Phi) is 6.30. The molecule has 0 bridgehead atoms. The minimum Gasteiger partial charge on any atom is -0.469 e. The number of hydrogen-bond acceptors (Lipinski definition) is 5. The summed E-state index contributed by atoms with van der Waals surface area (Å²) in [6.45, 7) is 1.70. The number of para-hydroxylation sites is 1. The van der Waals surface area contributed by atoms with Gasteiger partial charge >= 0.3 is 5.97 Å². The molecule has 0 amide bonds. The average Bonchev–Trinajstić information content (AvgIpc) is 2.44. The maximum absolute atomic E-state index is 12.0. The molecule has 110 valence electrons. The fourth-order valence-corrected chi connectivity index (χ4v) is 2.87. The summed E-state index contributed by atoms with van der Waals surface area (Å²) in [7, 11) is 0.0507. The number of nitrogens with zero attached hydrogens (tertiary/aromatic N) is 1. The van der Waals surface area contributed by atoms with Crippen molar-refractivity contribution in [3.8, 4) is 0 Å². The predicted octanol–water partition coefficient (Wildman–Crippen LogP) is 1.84. The second-order valence-electron chi connectivity index (χ2n) is 4.31. The molecule has 0 aliphatic heterocycles. The zero-order chi connectivity index (χ0) is 15.1. The van der Waals surface area contributed by atoms with E-state index in [4.69, 9.17) is 0 Å². The molecule has 1 aromatic carbocycles. The van der Waals surface area contributed by atoms with Crippen LogP contribution in [-0.4, -0.2) is 33.2 Å². The van der Waals surface area contributed by atoms with Gasteiger partial charge in [-0.3, -0.25) is 19.1 Å². The molecule has 0 saturated carbocycles. The molecule has 0 aromatic heterocycles. The molecule has 1 rings (SSSR count). The summed E-state index contributed by atoms with van der Waals surface area (Å²) in [5.41, 5.74) is 0.584. The molecule has 0 radical (unpaired) electrons. The van der Waals surface area contributed by atoms with Gasteiger partial charge in [0.25, 0.3) is 5.69 Å². The van der Waals surface area contributed by atoms with E-state index in [0.29, 0.717) is 12.0 Å². The first-order valence-electron chi connectivity index (χ1n) is 6.12. The quantitative estimate of drug-likeness (QED) is 0.435. The molecule has 0 N–H and O–H groups in total. The van der Waals surface area contributed by atoms with Gasteiger partial charge in [0.2, 0.25) is 0 Å². The van der Waals surface area contributed by atoms with Crippen LogP contribution in [0.25, 0.3) is 0 Å². The van der Waals surface area contributed by atoms with Crippen LogP contribution in [-0.2, 0) is 26.8 Å². The first-order valence-corrected chi connectivity index (χ1v) is 7.50. The van der Waals surface area contributed by atoms with Crippen LogP contribution in [0.1, 0.15) is 18.9 Å². The monoisotopic (exact) mass is 299 g/mol. The van der Waals surface area contributed by atoms with Gasteiger partial charge in [0, 0.05) is 33.4 Å². The second-order valence-corrected chi connectivity index (χ2v) is 6.29. The average molecular weight is 299 g/mol. The van der Waals surface area contributed by atoms with E-state index in [1.54, 1.807) is 25.1 Å². The van der Waals surface area contributed by atoms with Crippen LogP contribution in [0.2, 0.25) is 0 Å². The van der Waals surface area contributed by atoms with Gasteiger partial charge in [0.1, 0.15) is 0 Å². The number of benzene rings is 1. The van der Waals surface area contributed by atoms with Crippen LogP contribution >= 0.6 is 0 Å². The van der Waals surface area contributed by atoms with Gasteiger partial charge in [0.05, 0.1) is 18.5 Å². The third-order valence-electron chi connectivity index (χ3n) is 2.89. The van der Waals surface area contributed by atoms with Crippen molar-refractivity contribution in [1.82, 2.24) is 0 Å². The van der Waals surface area contributed by atoms with E-state index in [0.717, 1.165) is 0 Å². The lowest BCUT2D eigenvalue weighted by Crippen LogP contribution is -2.20. The van der Waals surface area contributed by atoms with E-state index in [9.17, 15) is 19.1 Å². The lowest BCUT2D eigenvalue weighted by atomic mass is 10.1. The first kappa shape index (κ1) is 16.3. The van der Waals surface area contributed by atoms with Crippen molar-refractivity contribution < 1.29 is 18.7 Å². The third-order valence-corrected chi connectivity index (χ3v) is 4.56. The van der Waals surface area contributed by atoms with Crippen LogP contribution in [0.4, 0.5) is 5.69 Å². The van der Waals surface area contributed by atoms with Gasteiger partial charge < -0.3 is 4.74 Å². The van der Waals surface area contributed by atoms with Gasteiger partial charge in [-0.05, 0) is 6.42 Å². The maximum Gasteiger partial charge on any atom is 0.306 e. The van der Waals surface area contributed by atoms with Crippen LogP contribution in [0.5, 0.6) is 0 Å². The van der Waals surface area contributed by atoms with Gasteiger partial charge in [-0.1, -0.05) is 25.1 Å². The Morgan fingerprint density at radius 2 is 2.10 bits per heavy atom. The molecule has 0 aliphatic rings. The number of ether oxygens (including phenoxy) is 1. The first-order chi connectivity index (χ1) is 9.45. The smallest absolute Gasteiger partial charge is 0.306 e. The largest absolute Gasteiger partial charge is 0.469 e. The highest BCUT2D eigenvalue weighted by Crippen LogP contribution is 2.18. The molecule has 0 aliphatic carbocycles. The number of esters is 1. The number of carbonyl (C=O) groups is 1. The molecule has 2 atom stereocenters. The van der Waals surface area contributed by atoms with Crippen molar-refractivity contribution in [2.75, 3.05) is 12.9 Å². The fraction of sp³-hybridized carbons (Fsp3) is 0.462. The summed E-state index contributed by atoms with van der Waals surface area (Å²) in [5.74, 6) is -0.125. The van der Waals surface area contributed by atoms with Crippen LogP contribution < -0.4 is 0 Å². The minimum absolute atomic E-state index is 0.0325. The number of nitro benzene ring substituents is 1. The molecule has 0 spiro atoms. The van der Waals surface area contributed by atoms with Crippen LogP contribution in [0.3, 0.4) is 0 Å². The normalized spacial score (nSPS) is 13.5. The van der Waals surface area contributed by atoms with E-state index < -0.39 is 21.7 Å². The number of rotatable bonds is 7. The van der Waals surface area contributed by atoms with Crippen molar-refractivity contribution in [2.45, 2.75) is 25.0 Å². The van der Waals surface area contributed by atoms with Gasteiger partial charge in [0.15, 0.2) is 0 Å². The highest BCUT2D eigenvalue weighted by Gasteiger charge is 2.18. The van der Waals surface area contributed by atoms with E-state index >= 15 is 0 Å². The predicted molar refractivity (Wildman–Crippen MR) is 75.9 cm³/mol. The molecule has 2 unspecified atom stereocenters. The lowest BCUT2D eigenvalue weighted by Gasteiger charge is -2.10. The number of hydrogen-bond donors (Lipinski definition) is 0. The summed E-state index contributed by atoms with van der Waals surface area (Å²) in [6.07, 6.45) is 0.426. The summed E-state index contributed by atoms with van der Waals surface area (Å²) < 4.78 is 16.5. The lowest BCUT2D eigenvalue weighted by molar-refractivity contribution is -0.385. The maximum atomic E-state index is 12.0. The molecule has 0 saturated heterocycles. The van der Waals surface area contributed by atoms with Crippen LogP contribution in [0, 0.1) is 10.1 Å². The Morgan fingerprint density at radius 1 is 1.45 bits per heavy atom. The fourth-order valence-electron chi connectivity index (χ4n) is 1.72. The zero-order valence-corrected chi connectivity index (χ0v) is 12.2. The van der Waals surface area contributed by atoms with E-state index in [1.165, 1.54) is 13.2 Å². The summed E-state index contributed by atoms with van der Waals surface area (Å²) in [5, 5.41) is 10.5. The SMILES string of the molecule is COC(=O)CC(C)S(=O)CCc1ccccc1[N+](=O)[O-]. The van der Waals surface area contributed by atoms with E-state index in [1.807, 2.05) is 0 Å². The highest BCUT2D eigenvalue weighted by atomic mass is 32.2. The molecule has 0 fully saturated rings. The number of methoxy groups -OCH3 is 1. The van der Waals surface area contributed by atoms with Crippen molar-refractivity contribution >= 4 is 22.5 Å². The van der Waals surface area contributed by atoms with Crippen molar-refractivity contribution in [1.29, 1.82) is 0 Å². The molecule has 7 heteroatoms. The molecule has 20 heavy (non-hydrogen) atoms. The molecular weight excluding hydrogens is 282 g/mol. The Bertz CT molecular complexity index is 517. The topological polar surface area (TPSA) is 86.5 Å². The Hall–Kier alpha value is -1.76. The number of carbonyl (C=O) groups excluding carboxylic acids is 1. The highest BCUT2D eigenvalue weighted by molar-refractivity contribution is 7.85. The zero-order valence-electron chi connectivity index (χ0n) is 11.4. The van der Waals surface area contributed by atoms with Gasteiger partial charge in [-0.15, -0.1) is 0 Å². The number of aryl methyl sites for hydroxylation is 1. The molecule has 1 aromatic rings. The van der Waals surface area contributed by atoms with Crippen molar-refractivity contribution in [3.63, 3.8) is 0 Å². The van der Waals surface area contributed by atoms with E-state index in [2.05, 4.69) is 4.74 Å². The summed E-state index contributed by atoms with van der Waals surface area (Å²) >= 11 is 0. The Morgan fingerprint density at radius 3 is 2.70 bits per heavy atom. The van der Waals surface area contributed by atoms with Gasteiger partial charge in [-0.2, -0.15) is 0 Å². The van der Waals surface area contributed by atoms with Gasteiger partial charge in [-0.25, -0.2) is 0 Å². The number of nitro groups is 1. The van der Waals surface area contributed by atoms with E-state index in [-0.39, 0.29) is 23.1 Å². The molecular formula is C13H17NO5S. The van der Waals surface area contributed by atoms with Crippen LogP contribution in [0.15, 0.2) is 24.3 Å². The summed E-state index contributed by atoms with van der Waals surface area (Å²) in [4.78, 5) is 21.5. The minimum atomic E-state index is -1.23. The molecule has 0 heterocycles. The standard InChI is InChI=1S/C13H17NO5S/c1-10(9-13(15)19-2)20(18)8-7-11-5-3-4-6-12(11)14(16)17/h3-6,10H,7-9H2,1-2H3. The van der Waals surface area contributed by atoms with Crippen molar-refractivity contribution in [3.05, 3.63) is 39.9 Å². The second kappa shape index (κ2) is 7.74. The summed E-state index contributed by atoms with van der Waals surface area (Å²) in [6, 6.07) is 6.39. The Labute approximate surface area is 119 Å². The third kappa shape index (κ3) is 4.73. The Balaban J connectivity index is 2.61. The van der Waals surface area contributed by atoms with Crippen molar-refractivity contribution in [2.24, 2.45) is 0 Å². The molecule has 6 nitrogen and oxygen atoms in total.